The van der Waals surface area contributed by atoms with Crippen molar-refractivity contribution in [3.63, 3.8) is 0 Å². The molecule has 2 aromatic rings. The van der Waals surface area contributed by atoms with E-state index in [1.54, 1.807) is 36.7 Å². The van der Waals surface area contributed by atoms with E-state index in [-0.39, 0.29) is 6.03 Å². The lowest BCUT2D eigenvalue weighted by Gasteiger charge is -2.07. The summed E-state index contributed by atoms with van der Waals surface area (Å²) in [5, 5.41) is 5.39. The first kappa shape index (κ1) is 12.8. The lowest BCUT2D eigenvalue weighted by molar-refractivity contribution is 0.251. The summed E-state index contributed by atoms with van der Waals surface area (Å²) in [6.45, 7) is 2.19. The van der Waals surface area contributed by atoms with Crippen LogP contribution in [0.15, 0.2) is 36.7 Å². The molecule has 0 spiro atoms. The minimum Gasteiger partial charge on any atom is -0.399 e. The number of benzene rings is 1. The summed E-state index contributed by atoms with van der Waals surface area (Å²) in [6, 6.07) is 6.62. The van der Waals surface area contributed by atoms with E-state index in [4.69, 9.17) is 5.73 Å². The molecule has 98 valence electrons. The Labute approximate surface area is 111 Å². The third-order valence-electron chi connectivity index (χ3n) is 2.43. The van der Waals surface area contributed by atoms with E-state index in [2.05, 4.69) is 20.6 Å². The van der Waals surface area contributed by atoms with Crippen LogP contribution in [-0.4, -0.2) is 16.0 Å². The number of urea groups is 1. The minimum absolute atomic E-state index is 0.299. The van der Waals surface area contributed by atoms with Gasteiger partial charge < -0.3 is 16.4 Å². The SMILES string of the molecule is Cc1cnc(CNC(=O)Nc2ccc(N)cc2)cn1. The zero-order chi connectivity index (χ0) is 13.7. The molecule has 0 aliphatic heterocycles. The van der Waals surface area contributed by atoms with E-state index in [1.165, 1.54) is 0 Å². The maximum absolute atomic E-state index is 11.6. The Hall–Kier alpha value is -2.63. The molecule has 0 radical (unpaired) electrons. The zero-order valence-electron chi connectivity index (χ0n) is 10.6. The second kappa shape index (κ2) is 5.81. The highest BCUT2D eigenvalue weighted by Gasteiger charge is 2.02. The molecule has 19 heavy (non-hydrogen) atoms. The average Bonchev–Trinajstić information content (AvgIpc) is 2.41. The van der Waals surface area contributed by atoms with Gasteiger partial charge in [-0.15, -0.1) is 0 Å². The number of hydrogen-bond donors (Lipinski definition) is 3. The molecule has 0 unspecified atom stereocenters. The predicted molar refractivity (Wildman–Crippen MR) is 73.5 cm³/mol. The van der Waals surface area contributed by atoms with Crippen LogP contribution in [0.5, 0.6) is 0 Å². The van der Waals surface area contributed by atoms with Crippen LogP contribution in [0.3, 0.4) is 0 Å². The Kier molecular flexibility index (Phi) is 3.92. The first-order valence-corrected chi connectivity index (χ1v) is 5.81. The molecule has 0 fully saturated rings. The largest absolute Gasteiger partial charge is 0.399 e. The standard InChI is InChI=1S/C13H15N5O/c1-9-6-16-12(7-15-9)8-17-13(19)18-11-4-2-10(14)3-5-11/h2-7H,8,14H2,1H3,(H2,17,18,19). The molecule has 0 bridgehead atoms. The Morgan fingerprint density at radius 3 is 2.58 bits per heavy atom. The monoisotopic (exact) mass is 257 g/mol. The highest BCUT2D eigenvalue weighted by molar-refractivity contribution is 5.89. The van der Waals surface area contributed by atoms with Crippen LogP contribution in [0.4, 0.5) is 16.2 Å². The first-order valence-electron chi connectivity index (χ1n) is 5.81. The van der Waals surface area contributed by atoms with Crippen LogP contribution in [0.1, 0.15) is 11.4 Å². The first-order chi connectivity index (χ1) is 9.13. The number of nitrogens with one attached hydrogen (secondary N) is 2. The van der Waals surface area contributed by atoms with Crippen LogP contribution in [0.25, 0.3) is 0 Å². The molecule has 1 aromatic carbocycles. The quantitative estimate of drug-likeness (QED) is 0.729. The summed E-state index contributed by atoms with van der Waals surface area (Å²) >= 11 is 0. The maximum Gasteiger partial charge on any atom is 0.319 e. The van der Waals surface area contributed by atoms with Gasteiger partial charge >= 0.3 is 6.03 Å². The van der Waals surface area contributed by atoms with E-state index in [0.29, 0.717) is 23.6 Å². The van der Waals surface area contributed by atoms with Crippen molar-refractivity contribution in [3.8, 4) is 0 Å². The van der Waals surface area contributed by atoms with Gasteiger partial charge in [0.1, 0.15) is 0 Å². The van der Waals surface area contributed by atoms with E-state index in [0.717, 1.165) is 5.69 Å². The normalized spacial score (nSPS) is 9.95. The number of aryl methyl sites for hydroxylation is 1. The number of nitrogens with two attached hydrogens (primary N) is 1. The number of rotatable bonds is 3. The van der Waals surface area contributed by atoms with Gasteiger partial charge in [-0.05, 0) is 31.2 Å². The molecule has 6 nitrogen and oxygen atoms in total. The Balaban J connectivity index is 1.84. The lowest BCUT2D eigenvalue weighted by atomic mass is 10.3. The van der Waals surface area contributed by atoms with Crippen LogP contribution in [0, 0.1) is 6.92 Å². The van der Waals surface area contributed by atoms with E-state index < -0.39 is 0 Å². The number of nitrogen functional groups attached to an aromatic ring is 1. The zero-order valence-corrected chi connectivity index (χ0v) is 10.6. The van der Waals surface area contributed by atoms with Gasteiger partial charge in [0, 0.05) is 17.6 Å². The summed E-state index contributed by atoms with van der Waals surface area (Å²) in [4.78, 5) is 19.9. The molecule has 4 N–H and O–H groups in total. The number of amides is 2. The highest BCUT2D eigenvalue weighted by atomic mass is 16.2. The molecule has 2 rings (SSSR count). The van der Waals surface area contributed by atoms with Gasteiger partial charge in [-0.3, -0.25) is 9.97 Å². The van der Waals surface area contributed by atoms with Crippen molar-refractivity contribution in [2.24, 2.45) is 0 Å². The van der Waals surface area contributed by atoms with E-state index in [1.807, 2.05) is 6.92 Å². The lowest BCUT2D eigenvalue weighted by Crippen LogP contribution is -2.28. The van der Waals surface area contributed by atoms with Crippen molar-refractivity contribution in [2.45, 2.75) is 13.5 Å². The molecule has 6 heteroatoms. The predicted octanol–water partition coefficient (Wildman–Crippen LogP) is 1.69. The van der Waals surface area contributed by atoms with Crippen LogP contribution in [0.2, 0.25) is 0 Å². The number of aromatic nitrogens is 2. The van der Waals surface area contributed by atoms with Crippen molar-refractivity contribution in [1.29, 1.82) is 0 Å². The molecule has 0 atom stereocenters. The van der Waals surface area contributed by atoms with Crippen molar-refractivity contribution < 1.29 is 4.79 Å². The summed E-state index contributed by atoms with van der Waals surface area (Å²) in [5.74, 6) is 0. The smallest absolute Gasteiger partial charge is 0.319 e. The third kappa shape index (κ3) is 3.95. The molecule has 2 amide bonds. The second-order valence-electron chi connectivity index (χ2n) is 4.08. The summed E-state index contributed by atoms with van der Waals surface area (Å²) in [6.07, 6.45) is 3.30. The molecular weight excluding hydrogens is 242 g/mol. The number of hydrogen-bond acceptors (Lipinski definition) is 4. The van der Waals surface area contributed by atoms with Gasteiger partial charge in [0.25, 0.3) is 0 Å². The summed E-state index contributed by atoms with van der Waals surface area (Å²) in [5.41, 5.74) is 8.45. The van der Waals surface area contributed by atoms with Gasteiger partial charge in [-0.1, -0.05) is 0 Å². The van der Waals surface area contributed by atoms with Gasteiger partial charge in [0.05, 0.1) is 24.1 Å². The third-order valence-corrected chi connectivity index (χ3v) is 2.43. The fourth-order valence-electron chi connectivity index (χ4n) is 1.42. The Morgan fingerprint density at radius 1 is 1.21 bits per heavy atom. The Bertz CT molecular complexity index is 550. The fraction of sp³-hybridized carbons (Fsp3) is 0.154. The minimum atomic E-state index is -0.299. The van der Waals surface area contributed by atoms with Crippen molar-refractivity contribution in [3.05, 3.63) is 48.0 Å². The topological polar surface area (TPSA) is 92.9 Å². The van der Waals surface area contributed by atoms with Gasteiger partial charge in [-0.25, -0.2) is 4.79 Å². The second-order valence-corrected chi connectivity index (χ2v) is 4.08. The average molecular weight is 257 g/mol. The highest BCUT2D eigenvalue weighted by Crippen LogP contribution is 2.10. The van der Waals surface area contributed by atoms with Crippen molar-refractivity contribution >= 4 is 17.4 Å². The van der Waals surface area contributed by atoms with Crippen LogP contribution < -0.4 is 16.4 Å². The summed E-state index contributed by atoms with van der Waals surface area (Å²) in [7, 11) is 0. The van der Waals surface area contributed by atoms with Crippen molar-refractivity contribution in [2.75, 3.05) is 11.1 Å². The van der Waals surface area contributed by atoms with Gasteiger partial charge in [0.2, 0.25) is 0 Å². The van der Waals surface area contributed by atoms with Gasteiger partial charge in [-0.2, -0.15) is 0 Å². The van der Waals surface area contributed by atoms with E-state index in [9.17, 15) is 4.79 Å². The number of carbonyl (C=O) groups excluding carboxylic acids is 1. The Morgan fingerprint density at radius 2 is 1.95 bits per heavy atom. The molecule has 0 aliphatic carbocycles. The summed E-state index contributed by atoms with van der Waals surface area (Å²) < 4.78 is 0. The number of nitrogens with zero attached hydrogens (tertiary/aromatic N) is 2. The molecule has 0 aliphatic rings. The van der Waals surface area contributed by atoms with E-state index >= 15 is 0 Å². The van der Waals surface area contributed by atoms with Crippen molar-refractivity contribution in [1.82, 2.24) is 15.3 Å². The molecular formula is C13H15N5O. The van der Waals surface area contributed by atoms with Crippen LogP contribution >= 0.6 is 0 Å². The maximum atomic E-state index is 11.6. The molecule has 1 heterocycles. The fourth-order valence-corrected chi connectivity index (χ4v) is 1.42. The number of carbonyl (C=O) groups is 1. The van der Waals surface area contributed by atoms with Crippen LogP contribution in [-0.2, 0) is 6.54 Å². The molecule has 0 saturated carbocycles. The molecule has 0 saturated heterocycles. The molecule has 1 aromatic heterocycles. The number of anilines is 2. The van der Waals surface area contributed by atoms with Gasteiger partial charge in [0.15, 0.2) is 0 Å².